The number of hydrogen-bond acceptors (Lipinski definition) is 2. The van der Waals surface area contributed by atoms with Crippen LogP contribution in [-0.2, 0) is 0 Å². The van der Waals surface area contributed by atoms with Gasteiger partial charge >= 0.3 is 0 Å². The monoisotopic (exact) mass is 279 g/mol. The van der Waals surface area contributed by atoms with Crippen LogP contribution in [-0.4, -0.2) is 13.3 Å². The number of rotatable bonds is 4. The average Bonchev–Trinajstić information content (AvgIpc) is 2.45. The van der Waals surface area contributed by atoms with Crippen LogP contribution in [0.5, 0.6) is 0 Å². The van der Waals surface area contributed by atoms with E-state index in [4.69, 9.17) is 0 Å². The van der Waals surface area contributed by atoms with Gasteiger partial charge in [0.15, 0.2) is 11.6 Å². The normalized spacial score (nSPS) is 12.4. The van der Waals surface area contributed by atoms with Crippen molar-refractivity contribution in [2.75, 3.05) is 13.3 Å². The predicted octanol–water partition coefficient (Wildman–Crippen LogP) is 4.00. The van der Waals surface area contributed by atoms with Crippen molar-refractivity contribution in [3.05, 3.63) is 65.2 Å². The number of nitrogens with one attached hydrogen (secondary N) is 1. The lowest BCUT2D eigenvalue weighted by atomic mass is 9.98. The van der Waals surface area contributed by atoms with E-state index in [1.165, 1.54) is 6.07 Å². The Hall–Kier alpha value is -1.39. The van der Waals surface area contributed by atoms with Crippen LogP contribution in [0.4, 0.5) is 8.78 Å². The van der Waals surface area contributed by atoms with Crippen molar-refractivity contribution in [1.82, 2.24) is 5.32 Å². The molecule has 1 N–H and O–H groups in total. The fourth-order valence-corrected chi connectivity index (χ4v) is 2.76. The van der Waals surface area contributed by atoms with Crippen molar-refractivity contribution >= 4 is 11.8 Å². The van der Waals surface area contributed by atoms with Gasteiger partial charge in [0.25, 0.3) is 0 Å². The molecule has 0 radical (unpaired) electrons. The summed E-state index contributed by atoms with van der Waals surface area (Å²) in [6.45, 7) is 0. The van der Waals surface area contributed by atoms with Gasteiger partial charge in [-0.15, -0.1) is 11.8 Å². The second kappa shape index (κ2) is 6.17. The third kappa shape index (κ3) is 2.80. The van der Waals surface area contributed by atoms with Gasteiger partial charge < -0.3 is 5.32 Å². The van der Waals surface area contributed by atoms with E-state index >= 15 is 0 Å². The first-order chi connectivity index (χ1) is 9.19. The second-order valence-electron chi connectivity index (χ2n) is 4.11. The van der Waals surface area contributed by atoms with Crippen LogP contribution in [0.15, 0.2) is 47.4 Å². The lowest BCUT2D eigenvalue weighted by molar-refractivity contribution is 0.486. The Morgan fingerprint density at radius 1 is 1.00 bits per heavy atom. The summed E-state index contributed by atoms with van der Waals surface area (Å²) in [6.07, 6.45) is 1.97. The quantitative estimate of drug-likeness (QED) is 0.849. The molecule has 1 unspecified atom stereocenters. The molecule has 100 valence electrons. The average molecular weight is 279 g/mol. The van der Waals surface area contributed by atoms with Crippen molar-refractivity contribution in [2.45, 2.75) is 10.9 Å². The van der Waals surface area contributed by atoms with Crippen LogP contribution in [0.1, 0.15) is 17.2 Å². The van der Waals surface area contributed by atoms with E-state index in [0.717, 1.165) is 16.5 Å². The lowest BCUT2D eigenvalue weighted by Gasteiger charge is -2.20. The summed E-state index contributed by atoms with van der Waals surface area (Å²) in [6, 6.07) is 11.6. The zero-order valence-electron chi connectivity index (χ0n) is 10.8. The summed E-state index contributed by atoms with van der Waals surface area (Å²) < 4.78 is 27.3. The lowest BCUT2D eigenvalue weighted by Crippen LogP contribution is -2.20. The molecule has 0 aromatic heterocycles. The third-order valence-corrected chi connectivity index (χ3v) is 3.84. The van der Waals surface area contributed by atoms with Crippen molar-refractivity contribution in [3.63, 3.8) is 0 Å². The highest BCUT2D eigenvalue weighted by Gasteiger charge is 2.20. The molecule has 0 aliphatic rings. The molecule has 19 heavy (non-hydrogen) atoms. The topological polar surface area (TPSA) is 12.0 Å². The summed E-state index contributed by atoms with van der Waals surface area (Å²) >= 11 is 1.59. The van der Waals surface area contributed by atoms with Crippen LogP contribution < -0.4 is 5.32 Å². The highest BCUT2D eigenvalue weighted by molar-refractivity contribution is 7.98. The maximum absolute atomic E-state index is 13.9. The first-order valence-corrected chi connectivity index (χ1v) is 7.15. The Labute approximate surface area is 116 Å². The Kier molecular flexibility index (Phi) is 4.56. The maximum atomic E-state index is 13.9. The molecule has 2 aromatic carbocycles. The van der Waals surface area contributed by atoms with Gasteiger partial charge in [0.1, 0.15) is 0 Å². The Morgan fingerprint density at radius 2 is 1.68 bits per heavy atom. The fraction of sp³-hybridized carbons (Fsp3) is 0.200. The molecule has 0 saturated heterocycles. The highest BCUT2D eigenvalue weighted by atomic mass is 32.2. The van der Waals surface area contributed by atoms with Crippen LogP contribution in [0.3, 0.4) is 0 Å². The molecule has 1 atom stereocenters. The van der Waals surface area contributed by atoms with Gasteiger partial charge in [0, 0.05) is 10.5 Å². The van der Waals surface area contributed by atoms with Gasteiger partial charge in [-0.3, -0.25) is 0 Å². The SMILES string of the molecule is CNC(c1ccccc1SC)c1cccc(F)c1F. The molecule has 0 amide bonds. The van der Waals surface area contributed by atoms with Crippen molar-refractivity contribution in [1.29, 1.82) is 0 Å². The molecular weight excluding hydrogens is 264 g/mol. The zero-order chi connectivity index (χ0) is 13.8. The van der Waals surface area contributed by atoms with Gasteiger partial charge in [-0.05, 0) is 31.0 Å². The minimum Gasteiger partial charge on any atom is -0.309 e. The highest BCUT2D eigenvalue weighted by Crippen LogP contribution is 2.31. The molecule has 0 saturated carbocycles. The third-order valence-electron chi connectivity index (χ3n) is 3.03. The minimum absolute atomic E-state index is 0.323. The number of halogens is 2. The first kappa shape index (κ1) is 14.0. The fourth-order valence-electron chi connectivity index (χ4n) is 2.13. The molecule has 0 aliphatic carbocycles. The van der Waals surface area contributed by atoms with Crippen molar-refractivity contribution in [2.24, 2.45) is 0 Å². The Balaban J connectivity index is 2.53. The van der Waals surface area contributed by atoms with Crippen LogP contribution in [0.2, 0.25) is 0 Å². The molecule has 0 fully saturated rings. The Bertz CT molecular complexity index is 572. The van der Waals surface area contributed by atoms with Gasteiger partial charge in [-0.25, -0.2) is 8.78 Å². The molecule has 1 nitrogen and oxygen atoms in total. The predicted molar refractivity (Wildman–Crippen MR) is 75.5 cm³/mol. The van der Waals surface area contributed by atoms with Crippen LogP contribution in [0, 0.1) is 11.6 Å². The smallest absolute Gasteiger partial charge is 0.163 e. The summed E-state index contributed by atoms with van der Waals surface area (Å²) in [5, 5.41) is 3.06. The maximum Gasteiger partial charge on any atom is 0.163 e. The molecule has 0 heterocycles. The van der Waals surface area contributed by atoms with E-state index in [1.807, 2.05) is 30.5 Å². The molecule has 0 aliphatic heterocycles. The van der Waals surface area contributed by atoms with Crippen molar-refractivity contribution < 1.29 is 8.78 Å². The van der Waals surface area contributed by atoms with Crippen LogP contribution in [0.25, 0.3) is 0 Å². The van der Waals surface area contributed by atoms with Gasteiger partial charge in [-0.2, -0.15) is 0 Å². The molecule has 4 heteroatoms. The first-order valence-electron chi connectivity index (χ1n) is 5.93. The van der Waals surface area contributed by atoms with E-state index in [1.54, 1.807) is 24.9 Å². The zero-order valence-corrected chi connectivity index (χ0v) is 11.6. The summed E-state index contributed by atoms with van der Waals surface area (Å²) in [4.78, 5) is 1.05. The van der Waals surface area contributed by atoms with Gasteiger partial charge in [-0.1, -0.05) is 30.3 Å². The van der Waals surface area contributed by atoms with Crippen LogP contribution >= 0.6 is 11.8 Å². The van der Waals surface area contributed by atoms with E-state index < -0.39 is 11.6 Å². The molecule has 2 aromatic rings. The van der Waals surface area contributed by atoms with E-state index in [2.05, 4.69) is 5.32 Å². The Morgan fingerprint density at radius 3 is 2.37 bits per heavy atom. The van der Waals surface area contributed by atoms with E-state index in [-0.39, 0.29) is 6.04 Å². The largest absolute Gasteiger partial charge is 0.309 e. The number of thioether (sulfide) groups is 1. The standard InChI is InChI=1S/C15H15F2NS/c1-18-15(10-6-3-4-9-13(10)19-2)11-7-5-8-12(16)14(11)17/h3-9,15,18H,1-2H3. The summed E-state index contributed by atoms with van der Waals surface area (Å²) in [5.41, 5.74) is 1.27. The molecular formula is C15H15F2NS. The van der Waals surface area contributed by atoms with Gasteiger partial charge in [0.05, 0.1) is 6.04 Å². The number of benzene rings is 2. The molecule has 2 rings (SSSR count). The summed E-state index contributed by atoms with van der Waals surface area (Å²) in [5.74, 6) is -1.61. The number of hydrogen-bond donors (Lipinski definition) is 1. The summed E-state index contributed by atoms with van der Waals surface area (Å²) in [7, 11) is 1.74. The van der Waals surface area contributed by atoms with E-state index in [9.17, 15) is 8.78 Å². The van der Waals surface area contributed by atoms with E-state index in [0.29, 0.717) is 5.56 Å². The minimum atomic E-state index is -0.820. The molecule has 0 bridgehead atoms. The second-order valence-corrected chi connectivity index (χ2v) is 4.95. The van der Waals surface area contributed by atoms with Gasteiger partial charge in [0.2, 0.25) is 0 Å². The van der Waals surface area contributed by atoms with Crippen molar-refractivity contribution in [3.8, 4) is 0 Å². The molecule has 0 spiro atoms.